The fraction of sp³-hybridized carbons (Fsp3) is 0.469. The fourth-order valence-corrected chi connectivity index (χ4v) is 5.29. The van der Waals surface area contributed by atoms with Gasteiger partial charge in [-0.05, 0) is 97.5 Å². The first kappa shape index (κ1) is 30.0. The fourth-order valence-electron chi connectivity index (χ4n) is 5.29. The summed E-state index contributed by atoms with van der Waals surface area (Å²) >= 11 is 0. The van der Waals surface area contributed by atoms with Crippen molar-refractivity contribution in [2.75, 3.05) is 13.1 Å². The highest BCUT2D eigenvalue weighted by molar-refractivity contribution is 5.85. The van der Waals surface area contributed by atoms with Crippen molar-refractivity contribution in [2.24, 2.45) is 17.6 Å². The summed E-state index contributed by atoms with van der Waals surface area (Å²) in [7, 11) is 0. The molecule has 0 aromatic heterocycles. The van der Waals surface area contributed by atoms with E-state index in [0.29, 0.717) is 12.0 Å². The number of benzene rings is 2. The van der Waals surface area contributed by atoms with Crippen LogP contribution in [-0.4, -0.2) is 25.4 Å². The van der Waals surface area contributed by atoms with Gasteiger partial charge < -0.3 is 15.8 Å². The zero-order valence-corrected chi connectivity index (χ0v) is 23.8. The zero-order chi connectivity index (χ0) is 25.5. The smallest absolute Gasteiger partial charge is 0.122 e. The van der Waals surface area contributed by atoms with Crippen LogP contribution in [0.4, 0.5) is 0 Å². The molecule has 3 N–H and O–H groups in total. The number of nitrogens with two attached hydrogens (primary N) is 1. The molecule has 4 heteroatoms. The van der Waals surface area contributed by atoms with E-state index >= 15 is 0 Å². The number of halogens is 1. The van der Waals surface area contributed by atoms with Crippen molar-refractivity contribution < 1.29 is 4.79 Å². The lowest BCUT2D eigenvalue weighted by Crippen LogP contribution is -2.39. The van der Waals surface area contributed by atoms with Crippen LogP contribution < -0.4 is 11.1 Å². The Bertz CT molecular complexity index is 1100. The number of nitrogens with one attached hydrogen (secondary N) is 1. The highest BCUT2D eigenvalue weighted by Gasteiger charge is 2.31. The minimum absolute atomic E-state index is 0. The van der Waals surface area contributed by atoms with E-state index in [1.807, 2.05) is 13.8 Å². The first-order chi connectivity index (χ1) is 16.7. The van der Waals surface area contributed by atoms with Crippen LogP contribution in [0.3, 0.4) is 0 Å². The molecule has 2 aromatic rings. The van der Waals surface area contributed by atoms with Crippen molar-refractivity contribution in [2.45, 2.75) is 73.3 Å². The van der Waals surface area contributed by atoms with Crippen molar-refractivity contribution in [1.29, 1.82) is 0 Å². The Balaban J connectivity index is 0.000000214. The standard InChI is InChI=1S/C16H21N.C12H15N.C4H8O.ClH/c1-10(2)16-15-9-12-8-11(3)4-5-13(12)14(15)6-7-17-16;1-9-2-5-12-10(6-7-13)3-4-11(12)8-9;1-4(2)3-5;/h4-5,8,10,16-17H,6-7,9H2,1-3H3;2-3,5,8H,4,6-7,13H2,1H3;3-4H,1-2H3;1H. The van der Waals surface area contributed by atoms with Crippen molar-refractivity contribution >= 4 is 29.8 Å². The van der Waals surface area contributed by atoms with Gasteiger partial charge in [-0.1, -0.05) is 81.3 Å². The Hall–Kier alpha value is -2.20. The van der Waals surface area contributed by atoms with Crippen LogP contribution in [0.1, 0.15) is 73.9 Å². The summed E-state index contributed by atoms with van der Waals surface area (Å²) < 4.78 is 0. The molecule has 0 saturated carbocycles. The second-order valence-corrected chi connectivity index (χ2v) is 10.8. The number of aryl methyl sites for hydroxylation is 2. The average molecular weight is 509 g/mol. The van der Waals surface area contributed by atoms with Crippen LogP contribution >= 0.6 is 12.4 Å². The number of carbonyl (C=O) groups excluding carboxylic acids is 1. The van der Waals surface area contributed by atoms with Crippen LogP contribution in [0.5, 0.6) is 0 Å². The summed E-state index contributed by atoms with van der Waals surface area (Å²) in [6, 6.07) is 14.2. The molecule has 196 valence electrons. The molecule has 1 unspecified atom stereocenters. The lowest BCUT2D eigenvalue weighted by molar-refractivity contribution is -0.110. The van der Waals surface area contributed by atoms with Gasteiger partial charge in [0.05, 0.1) is 0 Å². The van der Waals surface area contributed by atoms with Gasteiger partial charge in [0.1, 0.15) is 6.29 Å². The maximum Gasteiger partial charge on any atom is 0.122 e. The first-order valence-corrected chi connectivity index (χ1v) is 13.2. The molecule has 2 aromatic carbocycles. The first-order valence-electron chi connectivity index (χ1n) is 13.2. The van der Waals surface area contributed by atoms with E-state index in [2.05, 4.69) is 75.5 Å². The third-order valence-corrected chi connectivity index (χ3v) is 7.00. The number of fused-ring (bicyclic) bond motifs is 3. The van der Waals surface area contributed by atoms with E-state index in [-0.39, 0.29) is 18.3 Å². The topological polar surface area (TPSA) is 55.1 Å². The van der Waals surface area contributed by atoms with Crippen LogP contribution in [0.25, 0.3) is 11.1 Å². The minimum atomic E-state index is 0. The Morgan fingerprint density at radius 3 is 2.19 bits per heavy atom. The van der Waals surface area contributed by atoms with Gasteiger partial charge in [-0.15, -0.1) is 12.4 Å². The minimum Gasteiger partial charge on any atom is -0.330 e. The van der Waals surface area contributed by atoms with Gasteiger partial charge in [0.15, 0.2) is 0 Å². The summed E-state index contributed by atoms with van der Waals surface area (Å²) in [5, 5.41) is 3.68. The van der Waals surface area contributed by atoms with Gasteiger partial charge in [0, 0.05) is 12.0 Å². The predicted octanol–water partition coefficient (Wildman–Crippen LogP) is 6.87. The Morgan fingerprint density at radius 1 is 1.00 bits per heavy atom. The summed E-state index contributed by atoms with van der Waals surface area (Å²) in [4.78, 5) is 9.50. The van der Waals surface area contributed by atoms with Gasteiger partial charge in [0.2, 0.25) is 0 Å². The molecular weight excluding hydrogens is 464 g/mol. The molecule has 36 heavy (non-hydrogen) atoms. The van der Waals surface area contributed by atoms with Gasteiger partial charge in [-0.2, -0.15) is 0 Å². The molecule has 1 aliphatic heterocycles. The van der Waals surface area contributed by atoms with Crippen molar-refractivity contribution in [3.8, 4) is 0 Å². The highest BCUT2D eigenvalue weighted by atomic mass is 35.5. The molecule has 3 aliphatic rings. The SMILES string of the molecule is CC(C)C=O.Cc1ccc2c(c1)CC1=C2CCNC1C(C)C.Cc1ccc2c(c1)CC=C2CCN.Cl. The number of hydrogen-bond acceptors (Lipinski definition) is 3. The van der Waals surface area contributed by atoms with Gasteiger partial charge in [-0.3, -0.25) is 0 Å². The van der Waals surface area contributed by atoms with E-state index < -0.39 is 0 Å². The van der Waals surface area contributed by atoms with E-state index in [1.165, 1.54) is 46.2 Å². The Morgan fingerprint density at radius 2 is 1.61 bits per heavy atom. The number of rotatable bonds is 4. The number of allylic oxidation sites excluding steroid dienone is 1. The maximum absolute atomic E-state index is 9.50. The van der Waals surface area contributed by atoms with Crippen LogP contribution in [0.2, 0.25) is 0 Å². The average Bonchev–Trinajstić information content (AvgIpc) is 3.40. The quantitative estimate of drug-likeness (QED) is 0.443. The van der Waals surface area contributed by atoms with E-state index in [9.17, 15) is 4.79 Å². The van der Waals surface area contributed by atoms with Gasteiger partial charge >= 0.3 is 0 Å². The van der Waals surface area contributed by atoms with Crippen molar-refractivity contribution in [1.82, 2.24) is 5.32 Å². The molecule has 0 bridgehead atoms. The molecule has 1 atom stereocenters. The van der Waals surface area contributed by atoms with Crippen LogP contribution in [-0.2, 0) is 17.6 Å². The highest BCUT2D eigenvalue weighted by Crippen LogP contribution is 2.40. The molecule has 0 saturated heterocycles. The van der Waals surface area contributed by atoms with Gasteiger partial charge in [-0.25, -0.2) is 0 Å². The van der Waals surface area contributed by atoms with Gasteiger partial charge in [0.25, 0.3) is 0 Å². The molecule has 3 nitrogen and oxygen atoms in total. The van der Waals surface area contributed by atoms with Crippen molar-refractivity contribution in [3.05, 3.63) is 81.4 Å². The summed E-state index contributed by atoms with van der Waals surface area (Å²) in [6.45, 7) is 14.6. The molecule has 2 aliphatic carbocycles. The molecule has 0 amide bonds. The van der Waals surface area contributed by atoms with E-state index in [1.54, 1.807) is 16.7 Å². The molecular formula is C32H45ClN2O. The maximum atomic E-state index is 9.50. The molecule has 5 rings (SSSR count). The second-order valence-electron chi connectivity index (χ2n) is 10.8. The normalized spacial score (nSPS) is 17.1. The third kappa shape index (κ3) is 7.41. The summed E-state index contributed by atoms with van der Waals surface area (Å²) in [6.07, 6.45) is 7.69. The lowest BCUT2D eigenvalue weighted by Gasteiger charge is -2.29. The van der Waals surface area contributed by atoms with E-state index in [0.717, 1.165) is 32.2 Å². The van der Waals surface area contributed by atoms with E-state index in [4.69, 9.17) is 5.73 Å². The number of aldehydes is 1. The Kier molecular flexibility index (Phi) is 11.6. The third-order valence-electron chi connectivity index (χ3n) is 7.00. The summed E-state index contributed by atoms with van der Waals surface area (Å²) in [5.74, 6) is 0.894. The molecule has 0 radical (unpaired) electrons. The molecule has 0 fully saturated rings. The van der Waals surface area contributed by atoms with Crippen molar-refractivity contribution in [3.63, 3.8) is 0 Å². The molecule has 0 spiro atoms. The number of carbonyl (C=O) groups is 1. The van der Waals surface area contributed by atoms with Crippen LogP contribution in [0.15, 0.2) is 48.0 Å². The largest absolute Gasteiger partial charge is 0.330 e. The zero-order valence-electron chi connectivity index (χ0n) is 23.0. The predicted molar refractivity (Wildman–Crippen MR) is 158 cm³/mol. The monoisotopic (exact) mass is 508 g/mol. The van der Waals surface area contributed by atoms with Crippen LogP contribution in [0, 0.1) is 25.7 Å². The molecule has 1 heterocycles. The summed E-state index contributed by atoms with van der Waals surface area (Å²) in [5.41, 5.74) is 19.0. The Labute approximate surface area is 225 Å². The lowest BCUT2D eigenvalue weighted by atomic mass is 9.88. The second kappa shape index (κ2) is 13.9. The number of hydrogen-bond donors (Lipinski definition) is 2.